The Balaban J connectivity index is 1.30. The minimum absolute atomic E-state index is 0.0523. The predicted molar refractivity (Wildman–Crippen MR) is 134 cm³/mol. The molecule has 1 amide bonds. The molecule has 0 bridgehead atoms. The highest BCUT2D eigenvalue weighted by Crippen LogP contribution is 2.41. The summed E-state index contributed by atoms with van der Waals surface area (Å²) in [5.74, 6) is 1.26. The molecule has 1 aliphatic carbocycles. The van der Waals surface area contributed by atoms with Crippen molar-refractivity contribution in [2.75, 3.05) is 18.5 Å². The molecule has 0 spiro atoms. The second-order valence-electron chi connectivity index (χ2n) is 9.32. The summed E-state index contributed by atoms with van der Waals surface area (Å²) in [6, 6.07) is 14.4. The van der Waals surface area contributed by atoms with Crippen LogP contribution in [0.5, 0.6) is 5.75 Å². The highest BCUT2D eigenvalue weighted by Gasteiger charge is 2.30. The van der Waals surface area contributed by atoms with Crippen LogP contribution >= 0.6 is 0 Å². The lowest BCUT2D eigenvalue weighted by Crippen LogP contribution is -2.29. The van der Waals surface area contributed by atoms with Gasteiger partial charge in [0.25, 0.3) is 0 Å². The Bertz CT molecular complexity index is 1090. The van der Waals surface area contributed by atoms with E-state index in [1.807, 2.05) is 43.5 Å². The molecule has 1 heterocycles. The molecule has 34 heavy (non-hydrogen) atoms. The molecule has 1 aromatic heterocycles. The molecule has 5 nitrogen and oxygen atoms in total. The Morgan fingerprint density at radius 1 is 1.12 bits per heavy atom. The first kappa shape index (κ1) is 24.1. The fourth-order valence-electron chi connectivity index (χ4n) is 4.97. The van der Waals surface area contributed by atoms with Gasteiger partial charge in [0.05, 0.1) is 12.1 Å². The number of amides is 1. The van der Waals surface area contributed by atoms with Crippen LogP contribution in [0.3, 0.4) is 0 Å². The number of hydrogen-bond donors (Lipinski definition) is 2. The zero-order chi connectivity index (χ0) is 23.9. The molecule has 4 rings (SSSR count). The van der Waals surface area contributed by atoms with E-state index in [9.17, 15) is 9.18 Å². The van der Waals surface area contributed by atoms with Crippen molar-refractivity contribution in [3.63, 3.8) is 0 Å². The summed E-state index contributed by atoms with van der Waals surface area (Å²) >= 11 is 0. The molecule has 0 unspecified atom stereocenters. The molecule has 1 fully saturated rings. The average molecular weight is 464 g/mol. The number of halogens is 1. The maximum Gasteiger partial charge on any atom is 0.227 e. The van der Waals surface area contributed by atoms with Crippen molar-refractivity contribution in [2.45, 2.75) is 51.4 Å². The summed E-state index contributed by atoms with van der Waals surface area (Å²) in [5, 5.41) is 3.96. The second kappa shape index (κ2) is 11.4. The molecular weight excluding hydrogens is 429 g/mol. The van der Waals surface area contributed by atoms with Crippen molar-refractivity contribution >= 4 is 22.5 Å². The number of nitrogens with two attached hydrogens (primary N) is 1. The van der Waals surface area contributed by atoms with Gasteiger partial charge in [0.15, 0.2) is 0 Å². The lowest BCUT2D eigenvalue weighted by Gasteiger charge is -2.32. The summed E-state index contributed by atoms with van der Waals surface area (Å²) < 4.78 is 19.5. The van der Waals surface area contributed by atoms with E-state index in [0.717, 1.165) is 60.9 Å². The number of rotatable bonds is 9. The Hall–Kier alpha value is -2.99. The van der Waals surface area contributed by atoms with Gasteiger partial charge >= 0.3 is 0 Å². The number of aromatic nitrogens is 1. The van der Waals surface area contributed by atoms with Crippen molar-refractivity contribution in [1.29, 1.82) is 0 Å². The summed E-state index contributed by atoms with van der Waals surface area (Å²) in [6.07, 6.45) is 7.65. The standard InChI is InChI=1S/C28H34FN3O2/c1-19(28(33)32-23-9-11-24(12-10-23)34-17-3-2-15-30)20-4-6-21(7-5-20)25-14-16-31-27-13-8-22(29)18-26(25)27/h8-14,16,18-21H,2-7,15,17,30H2,1H3,(H,32,33)/t19-,20?,21?/m1/s1. The largest absolute Gasteiger partial charge is 0.494 e. The van der Waals surface area contributed by atoms with Gasteiger partial charge in [-0.25, -0.2) is 4.39 Å². The summed E-state index contributed by atoms with van der Waals surface area (Å²) in [7, 11) is 0. The number of carbonyl (C=O) groups excluding carboxylic acids is 1. The Morgan fingerprint density at radius 2 is 1.88 bits per heavy atom. The van der Waals surface area contributed by atoms with Crippen LogP contribution in [-0.2, 0) is 4.79 Å². The van der Waals surface area contributed by atoms with Crippen LogP contribution in [0, 0.1) is 17.7 Å². The fraction of sp³-hybridized carbons (Fsp3) is 0.429. The number of nitrogens with one attached hydrogen (secondary N) is 1. The van der Waals surface area contributed by atoms with E-state index >= 15 is 0 Å². The molecule has 1 aliphatic rings. The van der Waals surface area contributed by atoms with Crippen LogP contribution in [0.4, 0.5) is 10.1 Å². The number of ether oxygens (including phenoxy) is 1. The quantitative estimate of drug-likeness (QED) is 0.379. The highest BCUT2D eigenvalue weighted by atomic mass is 19.1. The van der Waals surface area contributed by atoms with Crippen LogP contribution in [0.15, 0.2) is 54.7 Å². The Labute approximate surface area is 200 Å². The van der Waals surface area contributed by atoms with E-state index < -0.39 is 0 Å². The molecule has 1 atom stereocenters. The molecule has 6 heteroatoms. The van der Waals surface area contributed by atoms with Crippen molar-refractivity contribution in [1.82, 2.24) is 4.98 Å². The molecule has 3 N–H and O–H groups in total. The average Bonchev–Trinajstić information content (AvgIpc) is 2.87. The molecule has 180 valence electrons. The van der Waals surface area contributed by atoms with Gasteiger partial charge in [0, 0.05) is 23.2 Å². The topological polar surface area (TPSA) is 77.2 Å². The van der Waals surface area contributed by atoms with Crippen molar-refractivity contribution < 1.29 is 13.9 Å². The maximum atomic E-state index is 13.8. The van der Waals surface area contributed by atoms with Crippen LogP contribution in [0.1, 0.15) is 56.9 Å². The number of unbranched alkanes of at least 4 members (excludes halogenated alkanes) is 1. The normalized spacial score (nSPS) is 19.0. The Kier molecular flexibility index (Phi) is 8.12. The van der Waals surface area contributed by atoms with Gasteiger partial charge in [-0.15, -0.1) is 0 Å². The maximum absolute atomic E-state index is 13.8. The number of hydrogen-bond acceptors (Lipinski definition) is 4. The third-order valence-electron chi connectivity index (χ3n) is 7.06. The van der Waals surface area contributed by atoms with Crippen molar-refractivity contribution in [3.8, 4) is 5.75 Å². The molecule has 0 radical (unpaired) electrons. The number of pyridine rings is 1. The monoisotopic (exact) mass is 463 g/mol. The van der Waals surface area contributed by atoms with Crippen molar-refractivity contribution in [3.05, 3.63) is 66.1 Å². The van der Waals surface area contributed by atoms with E-state index in [1.54, 1.807) is 12.1 Å². The first-order valence-corrected chi connectivity index (χ1v) is 12.3. The van der Waals surface area contributed by atoms with Crippen LogP contribution in [0.2, 0.25) is 0 Å². The van der Waals surface area contributed by atoms with Crippen LogP contribution < -0.4 is 15.8 Å². The highest BCUT2D eigenvalue weighted by molar-refractivity contribution is 5.92. The van der Waals surface area contributed by atoms with E-state index in [4.69, 9.17) is 10.5 Å². The van der Waals surface area contributed by atoms with Gasteiger partial charge < -0.3 is 15.8 Å². The van der Waals surface area contributed by atoms with Crippen molar-refractivity contribution in [2.24, 2.45) is 17.6 Å². The van der Waals surface area contributed by atoms with Gasteiger partial charge in [-0.3, -0.25) is 9.78 Å². The first-order chi connectivity index (χ1) is 16.5. The minimum Gasteiger partial charge on any atom is -0.494 e. The molecule has 3 aromatic rings. The molecule has 0 saturated heterocycles. The lowest BCUT2D eigenvalue weighted by molar-refractivity contribution is -0.121. The van der Waals surface area contributed by atoms with Crippen LogP contribution in [0.25, 0.3) is 10.9 Å². The molecular formula is C28H34FN3O2. The molecule has 0 aliphatic heterocycles. The minimum atomic E-state index is -0.230. The molecule has 2 aromatic carbocycles. The van der Waals surface area contributed by atoms with Gasteiger partial charge in [-0.2, -0.15) is 0 Å². The fourth-order valence-corrected chi connectivity index (χ4v) is 4.97. The smallest absolute Gasteiger partial charge is 0.227 e. The summed E-state index contributed by atoms with van der Waals surface area (Å²) in [6.45, 7) is 3.34. The number of fused-ring (bicyclic) bond motifs is 1. The predicted octanol–water partition coefficient (Wildman–Crippen LogP) is 6.04. The Morgan fingerprint density at radius 3 is 2.62 bits per heavy atom. The molecule has 1 saturated carbocycles. The van der Waals surface area contributed by atoms with Gasteiger partial charge in [0.1, 0.15) is 11.6 Å². The van der Waals surface area contributed by atoms with Gasteiger partial charge in [0.2, 0.25) is 5.91 Å². The number of anilines is 1. The summed E-state index contributed by atoms with van der Waals surface area (Å²) in [4.78, 5) is 17.3. The number of benzene rings is 2. The first-order valence-electron chi connectivity index (χ1n) is 12.3. The summed E-state index contributed by atoms with van der Waals surface area (Å²) in [5.41, 5.74) is 8.29. The van der Waals surface area contributed by atoms with Gasteiger partial charge in [-0.1, -0.05) is 6.92 Å². The lowest BCUT2D eigenvalue weighted by atomic mass is 9.73. The van der Waals surface area contributed by atoms with Gasteiger partial charge in [-0.05, 0) is 111 Å². The second-order valence-corrected chi connectivity index (χ2v) is 9.32. The third kappa shape index (κ3) is 5.92. The zero-order valence-electron chi connectivity index (χ0n) is 19.8. The number of nitrogens with zero attached hydrogens (tertiary/aromatic N) is 1. The van der Waals surface area contributed by atoms with Crippen LogP contribution in [-0.4, -0.2) is 24.0 Å². The SMILES string of the molecule is C[C@@H](C(=O)Nc1ccc(OCCCCN)cc1)C1CCC(c2ccnc3ccc(F)cc23)CC1. The number of carbonyl (C=O) groups is 1. The van der Waals surface area contributed by atoms with E-state index in [1.165, 1.54) is 11.6 Å². The third-order valence-corrected chi connectivity index (χ3v) is 7.06. The zero-order valence-corrected chi connectivity index (χ0v) is 19.8. The van der Waals surface area contributed by atoms with E-state index in [-0.39, 0.29) is 17.6 Å². The van der Waals surface area contributed by atoms with E-state index in [2.05, 4.69) is 10.3 Å². The van der Waals surface area contributed by atoms with E-state index in [0.29, 0.717) is 25.0 Å².